The van der Waals surface area contributed by atoms with Crippen LogP contribution in [-0.2, 0) is 24.0 Å². The summed E-state index contributed by atoms with van der Waals surface area (Å²) < 4.78 is 5.18. The summed E-state index contributed by atoms with van der Waals surface area (Å²) in [6, 6.07) is 10.8. The molecule has 184 valence electrons. The van der Waals surface area contributed by atoms with Gasteiger partial charge in [-0.3, -0.25) is 29.3 Å². The SMILES string of the molecule is CC(C)[C@H](NC(=O)C[C@H](NC(=O)/C=C/c1ccco1)c1ccccc1)C(=O)[C@@H]1C(=O)NC(=O)[C@H]1C. The van der Waals surface area contributed by atoms with Crippen molar-refractivity contribution in [2.45, 2.75) is 39.3 Å². The molecule has 4 amide bonds. The average molecular weight is 480 g/mol. The zero-order valence-electron chi connectivity index (χ0n) is 19.8. The Morgan fingerprint density at radius 1 is 1.03 bits per heavy atom. The minimum Gasteiger partial charge on any atom is -0.465 e. The van der Waals surface area contributed by atoms with E-state index in [4.69, 9.17) is 4.42 Å². The Kier molecular flexibility index (Phi) is 8.35. The lowest BCUT2D eigenvalue weighted by Crippen LogP contribution is -2.49. The molecule has 4 atom stereocenters. The van der Waals surface area contributed by atoms with E-state index in [9.17, 15) is 24.0 Å². The predicted octanol–water partition coefficient (Wildman–Crippen LogP) is 2.16. The number of nitrogens with one attached hydrogen (secondary N) is 3. The summed E-state index contributed by atoms with van der Waals surface area (Å²) in [7, 11) is 0. The van der Waals surface area contributed by atoms with Crippen LogP contribution in [0.2, 0.25) is 0 Å². The summed E-state index contributed by atoms with van der Waals surface area (Å²) >= 11 is 0. The Hall–Kier alpha value is -4.01. The second kappa shape index (κ2) is 11.4. The first-order valence-corrected chi connectivity index (χ1v) is 11.4. The number of benzene rings is 1. The normalized spacial score (nSPS) is 19.4. The van der Waals surface area contributed by atoms with Crippen LogP contribution >= 0.6 is 0 Å². The number of Topliss-reactive ketones (excluding diaryl/α,β-unsaturated/α-hetero) is 1. The Balaban J connectivity index is 1.72. The van der Waals surface area contributed by atoms with Crippen molar-refractivity contribution in [3.63, 3.8) is 0 Å². The van der Waals surface area contributed by atoms with E-state index < -0.39 is 53.3 Å². The maximum atomic E-state index is 13.1. The summed E-state index contributed by atoms with van der Waals surface area (Å²) in [5.41, 5.74) is 0.712. The van der Waals surface area contributed by atoms with Crippen molar-refractivity contribution in [1.29, 1.82) is 0 Å². The maximum absolute atomic E-state index is 13.1. The van der Waals surface area contributed by atoms with Gasteiger partial charge in [0.15, 0.2) is 5.78 Å². The fourth-order valence-electron chi connectivity index (χ4n) is 3.95. The van der Waals surface area contributed by atoms with Crippen molar-refractivity contribution in [1.82, 2.24) is 16.0 Å². The fraction of sp³-hybridized carbons (Fsp3) is 0.346. The number of rotatable bonds is 10. The molecule has 0 bridgehead atoms. The molecule has 0 aliphatic carbocycles. The van der Waals surface area contributed by atoms with E-state index in [0.29, 0.717) is 11.3 Å². The summed E-state index contributed by atoms with van der Waals surface area (Å²) in [5, 5.41) is 7.69. The maximum Gasteiger partial charge on any atom is 0.244 e. The number of hydrogen-bond donors (Lipinski definition) is 3. The van der Waals surface area contributed by atoms with Crippen molar-refractivity contribution < 1.29 is 28.4 Å². The molecular formula is C26H29N3O6. The number of hydrogen-bond acceptors (Lipinski definition) is 6. The molecule has 1 aliphatic heterocycles. The number of ketones is 1. The van der Waals surface area contributed by atoms with Crippen molar-refractivity contribution in [2.24, 2.45) is 17.8 Å². The second-order valence-corrected chi connectivity index (χ2v) is 8.84. The Morgan fingerprint density at radius 3 is 2.31 bits per heavy atom. The molecule has 1 aromatic heterocycles. The Morgan fingerprint density at radius 2 is 1.74 bits per heavy atom. The standard InChI is InChI=1S/C26H29N3O6/c1-15(2)23(24(32)22-16(3)25(33)29-26(22)34)28-21(31)14-19(17-8-5-4-6-9-17)27-20(30)12-11-18-10-7-13-35-18/h4-13,15-16,19,22-23H,14H2,1-3H3,(H,27,30)(H,28,31)(H,29,33,34)/b12-11+/t16-,19-,22+,23-/m0/s1. The summed E-state index contributed by atoms with van der Waals surface area (Å²) in [4.78, 5) is 62.6. The zero-order valence-corrected chi connectivity index (χ0v) is 19.8. The van der Waals surface area contributed by atoms with Crippen LogP contribution in [0.5, 0.6) is 0 Å². The highest BCUT2D eigenvalue weighted by molar-refractivity contribution is 6.16. The third kappa shape index (κ3) is 6.53. The lowest BCUT2D eigenvalue weighted by molar-refractivity contribution is -0.137. The van der Waals surface area contributed by atoms with E-state index in [1.807, 2.05) is 6.07 Å². The first-order valence-electron chi connectivity index (χ1n) is 11.4. The molecule has 1 aromatic carbocycles. The van der Waals surface area contributed by atoms with Gasteiger partial charge < -0.3 is 15.1 Å². The van der Waals surface area contributed by atoms with Gasteiger partial charge in [-0.1, -0.05) is 51.1 Å². The highest BCUT2D eigenvalue weighted by Crippen LogP contribution is 2.24. The van der Waals surface area contributed by atoms with E-state index in [1.165, 1.54) is 25.3 Å². The van der Waals surface area contributed by atoms with E-state index in [-0.39, 0.29) is 12.3 Å². The number of furan rings is 1. The van der Waals surface area contributed by atoms with Gasteiger partial charge >= 0.3 is 0 Å². The molecule has 2 aromatic rings. The van der Waals surface area contributed by atoms with E-state index in [0.717, 1.165) is 0 Å². The van der Waals surface area contributed by atoms with Crippen LogP contribution in [0.1, 0.15) is 44.6 Å². The predicted molar refractivity (Wildman–Crippen MR) is 127 cm³/mol. The Labute approximate surface area is 203 Å². The van der Waals surface area contributed by atoms with E-state index >= 15 is 0 Å². The van der Waals surface area contributed by atoms with Gasteiger partial charge in [-0.2, -0.15) is 0 Å². The molecule has 2 heterocycles. The molecule has 3 rings (SSSR count). The van der Waals surface area contributed by atoms with Gasteiger partial charge in [0.25, 0.3) is 0 Å². The first kappa shape index (κ1) is 25.6. The number of carbonyl (C=O) groups is 5. The molecule has 9 nitrogen and oxygen atoms in total. The number of imide groups is 1. The van der Waals surface area contributed by atoms with Crippen LogP contribution in [-0.4, -0.2) is 35.5 Å². The van der Waals surface area contributed by atoms with Crippen LogP contribution in [0.25, 0.3) is 6.08 Å². The Bertz CT molecular complexity index is 1110. The quantitative estimate of drug-likeness (QED) is 0.272. The minimum absolute atomic E-state index is 0.133. The molecule has 9 heteroatoms. The monoisotopic (exact) mass is 479 g/mol. The lowest BCUT2D eigenvalue weighted by atomic mass is 9.85. The summed E-state index contributed by atoms with van der Waals surface area (Å²) in [6.45, 7) is 5.01. The molecule has 0 radical (unpaired) electrons. The van der Waals surface area contributed by atoms with Crippen LogP contribution in [0.15, 0.2) is 59.2 Å². The van der Waals surface area contributed by atoms with Gasteiger partial charge in [0.2, 0.25) is 23.6 Å². The molecule has 3 N–H and O–H groups in total. The average Bonchev–Trinajstić information content (AvgIpc) is 3.43. The van der Waals surface area contributed by atoms with Gasteiger partial charge in [0.1, 0.15) is 11.7 Å². The molecule has 0 spiro atoms. The molecule has 1 aliphatic rings. The van der Waals surface area contributed by atoms with Crippen molar-refractivity contribution in [3.8, 4) is 0 Å². The van der Waals surface area contributed by atoms with E-state index in [2.05, 4.69) is 16.0 Å². The van der Waals surface area contributed by atoms with Crippen LogP contribution < -0.4 is 16.0 Å². The number of carbonyl (C=O) groups excluding carboxylic acids is 5. The van der Waals surface area contributed by atoms with Crippen LogP contribution in [0, 0.1) is 17.8 Å². The van der Waals surface area contributed by atoms with Gasteiger partial charge in [-0.05, 0) is 29.7 Å². The smallest absolute Gasteiger partial charge is 0.244 e. The molecule has 35 heavy (non-hydrogen) atoms. The third-order valence-electron chi connectivity index (χ3n) is 5.89. The van der Waals surface area contributed by atoms with Gasteiger partial charge in [-0.25, -0.2) is 0 Å². The molecule has 0 unspecified atom stereocenters. The van der Waals surface area contributed by atoms with Gasteiger partial charge in [-0.15, -0.1) is 0 Å². The summed E-state index contributed by atoms with van der Waals surface area (Å²) in [5.74, 6) is -4.31. The van der Waals surface area contributed by atoms with Crippen molar-refractivity contribution in [3.05, 3.63) is 66.1 Å². The third-order valence-corrected chi connectivity index (χ3v) is 5.89. The second-order valence-electron chi connectivity index (χ2n) is 8.84. The van der Waals surface area contributed by atoms with Crippen molar-refractivity contribution >= 4 is 35.5 Å². The summed E-state index contributed by atoms with van der Waals surface area (Å²) in [6.07, 6.45) is 4.18. The molecule has 1 fully saturated rings. The van der Waals surface area contributed by atoms with E-state index in [1.54, 1.807) is 50.2 Å². The molecule has 0 saturated carbocycles. The topological polar surface area (TPSA) is 135 Å². The van der Waals surface area contributed by atoms with Crippen LogP contribution in [0.3, 0.4) is 0 Å². The van der Waals surface area contributed by atoms with Gasteiger partial charge in [0.05, 0.1) is 30.7 Å². The van der Waals surface area contributed by atoms with Crippen molar-refractivity contribution in [2.75, 3.05) is 0 Å². The fourth-order valence-corrected chi connectivity index (χ4v) is 3.95. The highest BCUT2D eigenvalue weighted by atomic mass is 16.3. The highest BCUT2D eigenvalue weighted by Gasteiger charge is 2.46. The largest absolute Gasteiger partial charge is 0.465 e. The molecule has 1 saturated heterocycles. The number of amides is 4. The zero-order chi connectivity index (χ0) is 25.5. The minimum atomic E-state index is -1.15. The first-order chi connectivity index (χ1) is 16.7. The molecular weight excluding hydrogens is 450 g/mol. The van der Waals surface area contributed by atoms with Gasteiger partial charge in [0, 0.05) is 6.08 Å². The van der Waals surface area contributed by atoms with Crippen LogP contribution in [0.4, 0.5) is 0 Å². The lowest BCUT2D eigenvalue weighted by Gasteiger charge is -2.25.